The first kappa shape index (κ1) is 22.1. The Kier molecular flexibility index (Phi) is 5.71. The lowest BCUT2D eigenvalue weighted by atomic mass is 9.98. The SMILES string of the molecule is Cc1cccc(NC(=S)c2c(-c3ccc(Cl)cc3)c3c4n(c(-c5ccccc5)cn24)CCCC3)c1. The average molecular weight is 496 g/mol. The molecule has 0 fully saturated rings. The van der Waals surface area contributed by atoms with Gasteiger partial charge in [-0.15, -0.1) is 0 Å². The summed E-state index contributed by atoms with van der Waals surface area (Å²) in [7, 11) is 0. The van der Waals surface area contributed by atoms with Crippen LogP contribution < -0.4 is 5.32 Å². The number of nitrogens with zero attached hydrogens (tertiary/aromatic N) is 2. The molecule has 0 saturated heterocycles. The topological polar surface area (TPSA) is 21.4 Å². The second-order valence-corrected chi connectivity index (χ2v) is 10.1. The molecule has 3 heterocycles. The average Bonchev–Trinajstić information content (AvgIpc) is 3.28. The van der Waals surface area contributed by atoms with Crippen LogP contribution in [0.2, 0.25) is 5.02 Å². The third-order valence-electron chi connectivity index (χ3n) is 6.83. The highest BCUT2D eigenvalue weighted by Gasteiger charge is 2.28. The lowest BCUT2D eigenvalue weighted by Crippen LogP contribution is -2.14. The van der Waals surface area contributed by atoms with E-state index < -0.39 is 0 Å². The Morgan fingerprint density at radius 2 is 1.71 bits per heavy atom. The van der Waals surface area contributed by atoms with E-state index in [0.717, 1.165) is 52.8 Å². The Balaban J connectivity index is 1.61. The van der Waals surface area contributed by atoms with Crippen molar-refractivity contribution in [1.29, 1.82) is 0 Å². The fourth-order valence-corrected chi connectivity index (χ4v) is 5.73. The number of rotatable bonds is 4. The Bertz CT molecular complexity index is 1540. The number of thiocarbonyl (C=S) groups is 1. The molecule has 0 saturated carbocycles. The summed E-state index contributed by atoms with van der Waals surface area (Å²) in [6, 6.07) is 27.1. The van der Waals surface area contributed by atoms with Crippen molar-refractivity contribution in [3.05, 3.63) is 107 Å². The maximum absolute atomic E-state index is 6.26. The minimum absolute atomic E-state index is 0.721. The van der Waals surface area contributed by atoms with E-state index in [1.807, 2.05) is 12.1 Å². The van der Waals surface area contributed by atoms with Crippen LogP contribution >= 0.6 is 23.8 Å². The summed E-state index contributed by atoms with van der Waals surface area (Å²) in [5, 5.41) is 4.27. The van der Waals surface area contributed by atoms with Crippen LogP contribution in [-0.2, 0) is 13.0 Å². The minimum atomic E-state index is 0.721. The van der Waals surface area contributed by atoms with Gasteiger partial charge in [0.1, 0.15) is 10.6 Å². The summed E-state index contributed by atoms with van der Waals surface area (Å²) >= 11 is 12.4. The number of aromatic nitrogens is 2. The van der Waals surface area contributed by atoms with Crippen molar-refractivity contribution >= 4 is 40.1 Å². The van der Waals surface area contributed by atoms with Crippen LogP contribution in [0.25, 0.3) is 28.0 Å². The highest BCUT2D eigenvalue weighted by atomic mass is 35.5. The van der Waals surface area contributed by atoms with Gasteiger partial charge in [-0.1, -0.05) is 78.4 Å². The molecule has 1 aliphatic heterocycles. The summed E-state index contributed by atoms with van der Waals surface area (Å²) in [5.41, 5.74) is 10.6. The van der Waals surface area contributed by atoms with Gasteiger partial charge in [0.25, 0.3) is 0 Å². The molecule has 35 heavy (non-hydrogen) atoms. The first-order valence-electron chi connectivity index (χ1n) is 12.1. The monoisotopic (exact) mass is 495 g/mol. The number of hydrogen-bond donors (Lipinski definition) is 1. The molecule has 3 nitrogen and oxygen atoms in total. The van der Waals surface area contributed by atoms with Crippen LogP contribution in [0, 0.1) is 6.92 Å². The Hall–Kier alpha value is -3.34. The van der Waals surface area contributed by atoms with Crippen molar-refractivity contribution in [2.75, 3.05) is 5.32 Å². The van der Waals surface area contributed by atoms with Gasteiger partial charge >= 0.3 is 0 Å². The molecule has 6 rings (SSSR count). The maximum atomic E-state index is 6.26. The predicted octanol–water partition coefficient (Wildman–Crippen LogP) is 8.16. The summed E-state index contributed by atoms with van der Waals surface area (Å²) in [4.78, 5) is 0.721. The number of halogens is 1. The number of aryl methyl sites for hydroxylation is 3. The fourth-order valence-electron chi connectivity index (χ4n) is 5.29. The number of nitrogens with one attached hydrogen (secondary N) is 1. The van der Waals surface area contributed by atoms with E-state index in [0.29, 0.717) is 0 Å². The van der Waals surface area contributed by atoms with Crippen LogP contribution in [-0.4, -0.2) is 14.0 Å². The van der Waals surface area contributed by atoms with Gasteiger partial charge in [-0.25, -0.2) is 0 Å². The zero-order valence-electron chi connectivity index (χ0n) is 19.6. The first-order valence-corrected chi connectivity index (χ1v) is 12.8. The molecule has 0 spiro atoms. The minimum Gasteiger partial charge on any atom is -0.345 e. The molecule has 3 aromatic carbocycles. The molecule has 0 amide bonds. The predicted molar refractivity (Wildman–Crippen MR) is 151 cm³/mol. The molecule has 2 aromatic heterocycles. The first-order chi connectivity index (χ1) is 17.1. The molecule has 1 N–H and O–H groups in total. The van der Waals surface area contributed by atoms with Gasteiger partial charge < -0.3 is 9.88 Å². The van der Waals surface area contributed by atoms with Crippen molar-refractivity contribution in [3.8, 4) is 22.4 Å². The third kappa shape index (κ3) is 3.97. The number of benzene rings is 3. The smallest absolute Gasteiger partial charge is 0.128 e. The van der Waals surface area contributed by atoms with E-state index >= 15 is 0 Å². The number of hydrogen-bond acceptors (Lipinski definition) is 1. The van der Waals surface area contributed by atoms with E-state index in [-0.39, 0.29) is 0 Å². The molecule has 0 bridgehead atoms. The largest absolute Gasteiger partial charge is 0.345 e. The zero-order valence-corrected chi connectivity index (χ0v) is 21.2. The van der Waals surface area contributed by atoms with Crippen molar-refractivity contribution < 1.29 is 0 Å². The van der Waals surface area contributed by atoms with E-state index in [1.165, 1.54) is 33.6 Å². The molecule has 5 heteroatoms. The van der Waals surface area contributed by atoms with Crippen molar-refractivity contribution in [2.24, 2.45) is 0 Å². The third-order valence-corrected chi connectivity index (χ3v) is 7.37. The summed E-state index contributed by atoms with van der Waals surface area (Å²) < 4.78 is 4.80. The summed E-state index contributed by atoms with van der Waals surface area (Å²) in [5.74, 6) is 0. The highest BCUT2D eigenvalue weighted by Crippen LogP contribution is 2.40. The molecule has 0 aliphatic carbocycles. The maximum Gasteiger partial charge on any atom is 0.128 e. The molecule has 5 aromatic rings. The van der Waals surface area contributed by atoms with Gasteiger partial charge in [0, 0.05) is 34.6 Å². The second-order valence-electron chi connectivity index (χ2n) is 9.22. The normalized spacial score (nSPS) is 13.1. The summed E-state index contributed by atoms with van der Waals surface area (Å²) in [6.45, 7) is 3.09. The lowest BCUT2D eigenvalue weighted by molar-refractivity contribution is 0.647. The van der Waals surface area contributed by atoms with Gasteiger partial charge in [-0.2, -0.15) is 0 Å². The van der Waals surface area contributed by atoms with E-state index in [4.69, 9.17) is 23.8 Å². The number of imidazole rings is 1. The van der Waals surface area contributed by atoms with Crippen LogP contribution in [0.1, 0.15) is 29.7 Å². The van der Waals surface area contributed by atoms with Crippen LogP contribution in [0.5, 0.6) is 0 Å². The van der Waals surface area contributed by atoms with Gasteiger partial charge in [-0.3, -0.25) is 4.40 Å². The van der Waals surface area contributed by atoms with Gasteiger partial charge in [0.2, 0.25) is 0 Å². The van der Waals surface area contributed by atoms with E-state index in [2.05, 4.69) is 94.1 Å². The molecular formula is C30H26ClN3S. The second kappa shape index (κ2) is 9.03. The molecule has 1 aliphatic rings. The van der Waals surface area contributed by atoms with Crippen LogP contribution in [0.15, 0.2) is 85.1 Å². The number of anilines is 1. The van der Waals surface area contributed by atoms with E-state index in [9.17, 15) is 0 Å². The van der Waals surface area contributed by atoms with E-state index in [1.54, 1.807) is 0 Å². The van der Waals surface area contributed by atoms with Gasteiger partial charge in [0.05, 0.1) is 11.4 Å². The van der Waals surface area contributed by atoms with Crippen LogP contribution in [0.4, 0.5) is 5.69 Å². The lowest BCUT2D eigenvalue weighted by Gasteiger charge is -2.13. The summed E-state index contributed by atoms with van der Waals surface area (Å²) in [6.07, 6.45) is 5.58. The quantitative estimate of drug-likeness (QED) is 0.254. The molecule has 0 atom stereocenters. The van der Waals surface area contributed by atoms with Crippen molar-refractivity contribution in [2.45, 2.75) is 32.7 Å². The Morgan fingerprint density at radius 1 is 0.914 bits per heavy atom. The standard InChI is InChI=1S/C30H26ClN3S/c1-20-8-7-11-24(18-20)32-29(35)28-27(22-13-15-23(31)16-14-22)25-12-5-6-17-33-26(19-34(28)30(25)33)21-9-3-2-4-10-21/h2-4,7-11,13-16,18-19H,5-6,12,17H2,1H3,(H,32,35). The van der Waals surface area contributed by atoms with Gasteiger partial charge in [0.15, 0.2) is 0 Å². The zero-order chi connectivity index (χ0) is 23.9. The van der Waals surface area contributed by atoms with Gasteiger partial charge in [-0.05, 0) is 67.1 Å². The molecular weight excluding hydrogens is 470 g/mol. The molecule has 0 radical (unpaired) electrons. The Labute approximate surface area is 216 Å². The fraction of sp³-hybridized carbons (Fsp3) is 0.167. The highest BCUT2D eigenvalue weighted by molar-refractivity contribution is 7.81. The molecule has 0 unspecified atom stereocenters. The van der Waals surface area contributed by atoms with Crippen LogP contribution in [0.3, 0.4) is 0 Å². The van der Waals surface area contributed by atoms with Crippen molar-refractivity contribution in [3.63, 3.8) is 0 Å². The van der Waals surface area contributed by atoms with Crippen molar-refractivity contribution in [1.82, 2.24) is 8.97 Å². The molecule has 174 valence electrons. The Morgan fingerprint density at radius 3 is 2.49 bits per heavy atom.